The highest BCUT2D eigenvalue weighted by molar-refractivity contribution is 9.10. The topological polar surface area (TPSA) is 0 Å². The zero-order valence-electron chi connectivity index (χ0n) is 4.08. The standard InChI is InChI=1S/C5H8BrCl/c6-5(7)3-1-2-4-5/h1-4H2. The lowest BCUT2D eigenvalue weighted by Gasteiger charge is -2.07. The van der Waals surface area contributed by atoms with Crippen LogP contribution in [-0.4, -0.2) is 3.78 Å². The number of hydrogen-bond acceptors (Lipinski definition) is 0. The van der Waals surface area contributed by atoms with Gasteiger partial charge < -0.3 is 0 Å². The lowest BCUT2D eigenvalue weighted by molar-refractivity contribution is 0.847. The molecular formula is C5H8BrCl. The van der Waals surface area contributed by atoms with Gasteiger partial charge in [-0.2, -0.15) is 0 Å². The van der Waals surface area contributed by atoms with Crippen molar-refractivity contribution in [2.45, 2.75) is 29.5 Å². The average molecular weight is 183 g/mol. The van der Waals surface area contributed by atoms with Crippen LogP contribution < -0.4 is 0 Å². The van der Waals surface area contributed by atoms with Gasteiger partial charge in [0.2, 0.25) is 0 Å². The molecule has 1 aliphatic rings. The summed E-state index contributed by atoms with van der Waals surface area (Å²) in [5, 5.41) is 0. The van der Waals surface area contributed by atoms with Gasteiger partial charge in [-0.05, 0) is 12.8 Å². The summed E-state index contributed by atoms with van der Waals surface area (Å²) in [4.78, 5) is 0. The summed E-state index contributed by atoms with van der Waals surface area (Å²) in [6.45, 7) is 0. The van der Waals surface area contributed by atoms with Crippen LogP contribution >= 0.6 is 27.5 Å². The predicted octanol–water partition coefficient (Wildman–Crippen LogP) is 2.89. The van der Waals surface area contributed by atoms with Crippen molar-refractivity contribution in [1.29, 1.82) is 0 Å². The fourth-order valence-corrected chi connectivity index (χ4v) is 1.72. The highest BCUT2D eigenvalue weighted by Gasteiger charge is 2.27. The maximum Gasteiger partial charge on any atom is 0.0992 e. The van der Waals surface area contributed by atoms with Crippen LogP contribution in [0.1, 0.15) is 25.7 Å². The van der Waals surface area contributed by atoms with Crippen molar-refractivity contribution in [3.8, 4) is 0 Å². The van der Waals surface area contributed by atoms with Crippen molar-refractivity contribution >= 4 is 27.5 Å². The van der Waals surface area contributed by atoms with E-state index >= 15 is 0 Å². The normalized spacial score (nSPS) is 28.3. The quantitative estimate of drug-likeness (QED) is 0.507. The molecule has 1 rings (SSSR count). The second-order valence-electron chi connectivity index (χ2n) is 2.06. The molecule has 2 heteroatoms. The summed E-state index contributed by atoms with van der Waals surface area (Å²) >= 11 is 9.29. The first-order valence-electron chi connectivity index (χ1n) is 2.59. The van der Waals surface area contributed by atoms with E-state index in [-0.39, 0.29) is 3.78 Å². The molecule has 0 unspecified atom stereocenters. The van der Waals surface area contributed by atoms with Crippen LogP contribution in [0.3, 0.4) is 0 Å². The molecule has 0 heterocycles. The molecule has 0 N–H and O–H groups in total. The first-order valence-corrected chi connectivity index (χ1v) is 3.76. The van der Waals surface area contributed by atoms with Crippen LogP contribution in [0.2, 0.25) is 0 Å². The maximum atomic E-state index is 5.88. The van der Waals surface area contributed by atoms with E-state index in [1.54, 1.807) is 0 Å². The molecule has 0 bridgehead atoms. The van der Waals surface area contributed by atoms with Gasteiger partial charge in [0.05, 0.1) is 3.78 Å². The Morgan fingerprint density at radius 1 is 1.29 bits per heavy atom. The van der Waals surface area contributed by atoms with E-state index in [0.29, 0.717) is 0 Å². The van der Waals surface area contributed by atoms with Gasteiger partial charge >= 0.3 is 0 Å². The third kappa shape index (κ3) is 1.61. The lowest BCUT2D eigenvalue weighted by Crippen LogP contribution is -2.01. The smallest absolute Gasteiger partial charge is 0.0992 e. The summed E-state index contributed by atoms with van der Waals surface area (Å²) in [5.74, 6) is 0. The zero-order valence-corrected chi connectivity index (χ0v) is 6.43. The van der Waals surface area contributed by atoms with Crippen molar-refractivity contribution in [2.75, 3.05) is 0 Å². The summed E-state index contributed by atoms with van der Waals surface area (Å²) < 4.78 is -0.0208. The Morgan fingerprint density at radius 3 is 1.86 bits per heavy atom. The lowest BCUT2D eigenvalue weighted by atomic mass is 10.4. The number of halogens is 2. The molecule has 0 aromatic rings. The van der Waals surface area contributed by atoms with E-state index in [0.717, 1.165) is 12.8 Å². The summed E-state index contributed by atoms with van der Waals surface area (Å²) in [7, 11) is 0. The van der Waals surface area contributed by atoms with E-state index in [1.165, 1.54) is 12.8 Å². The molecule has 0 atom stereocenters. The molecule has 1 fully saturated rings. The summed E-state index contributed by atoms with van der Waals surface area (Å²) in [5.41, 5.74) is 0. The van der Waals surface area contributed by atoms with E-state index in [2.05, 4.69) is 15.9 Å². The highest BCUT2D eigenvalue weighted by atomic mass is 79.9. The molecule has 0 amide bonds. The fraction of sp³-hybridized carbons (Fsp3) is 1.00. The Hall–Kier alpha value is 0.770. The molecule has 0 aliphatic heterocycles. The molecule has 0 saturated heterocycles. The van der Waals surface area contributed by atoms with Crippen molar-refractivity contribution in [3.63, 3.8) is 0 Å². The van der Waals surface area contributed by atoms with Crippen LogP contribution in [0.5, 0.6) is 0 Å². The van der Waals surface area contributed by atoms with E-state index in [1.807, 2.05) is 0 Å². The average Bonchev–Trinajstić information content (AvgIpc) is 1.84. The molecule has 0 aromatic carbocycles. The van der Waals surface area contributed by atoms with Crippen molar-refractivity contribution in [3.05, 3.63) is 0 Å². The molecule has 0 aromatic heterocycles. The minimum Gasteiger partial charge on any atom is -0.107 e. The van der Waals surface area contributed by atoms with E-state index in [4.69, 9.17) is 11.6 Å². The predicted molar refractivity (Wildman–Crippen MR) is 36.0 cm³/mol. The van der Waals surface area contributed by atoms with Gasteiger partial charge in [-0.3, -0.25) is 0 Å². The third-order valence-corrected chi connectivity index (χ3v) is 2.51. The Morgan fingerprint density at radius 2 is 1.71 bits per heavy atom. The molecule has 1 aliphatic carbocycles. The fourth-order valence-electron chi connectivity index (χ4n) is 0.892. The second-order valence-corrected chi connectivity index (χ2v) is 4.76. The third-order valence-electron chi connectivity index (χ3n) is 1.34. The number of alkyl halides is 2. The molecule has 42 valence electrons. The minimum absolute atomic E-state index is 0.0208. The Balaban J connectivity index is 2.40. The Kier molecular flexibility index (Phi) is 1.64. The number of hydrogen-bond donors (Lipinski definition) is 0. The first-order chi connectivity index (χ1) is 3.21. The number of rotatable bonds is 0. The maximum absolute atomic E-state index is 5.88. The van der Waals surface area contributed by atoms with E-state index in [9.17, 15) is 0 Å². The van der Waals surface area contributed by atoms with Gasteiger partial charge in [-0.1, -0.05) is 28.8 Å². The molecule has 0 spiro atoms. The van der Waals surface area contributed by atoms with Crippen LogP contribution in [0, 0.1) is 0 Å². The van der Waals surface area contributed by atoms with Crippen LogP contribution in [0.15, 0.2) is 0 Å². The Bertz CT molecular complexity index is 62.5. The highest BCUT2D eigenvalue weighted by Crippen LogP contribution is 2.40. The van der Waals surface area contributed by atoms with Gasteiger partial charge in [-0.15, -0.1) is 11.6 Å². The Labute approximate surface area is 57.4 Å². The zero-order chi connectivity index (χ0) is 5.33. The van der Waals surface area contributed by atoms with Gasteiger partial charge in [-0.25, -0.2) is 0 Å². The van der Waals surface area contributed by atoms with E-state index < -0.39 is 0 Å². The molecular weight excluding hydrogens is 175 g/mol. The summed E-state index contributed by atoms with van der Waals surface area (Å²) in [6, 6.07) is 0. The molecule has 0 radical (unpaired) electrons. The largest absolute Gasteiger partial charge is 0.107 e. The first kappa shape index (κ1) is 5.90. The van der Waals surface area contributed by atoms with Crippen LogP contribution in [0.25, 0.3) is 0 Å². The monoisotopic (exact) mass is 182 g/mol. The molecule has 0 nitrogen and oxygen atoms in total. The summed E-state index contributed by atoms with van der Waals surface area (Å²) in [6.07, 6.45) is 4.84. The minimum atomic E-state index is -0.0208. The SMILES string of the molecule is ClC1(Br)CCCC1. The van der Waals surface area contributed by atoms with Crippen LogP contribution in [-0.2, 0) is 0 Å². The molecule has 1 saturated carbocycles. The van der Waals surface area contributed by atoms with Gasteiger partial charge in [0.25, 0.3) is 0 Å². The van der Waals surface area contributed by atoms with Crippen LogP contribution in [0.4, 0.5) is 0 Å². The van der Waals surface area contributed by atoms with Gasteiger partial charge in [0.1, 0.15) is 0 Å². The second kappa shape index (κ2) is 1.94. The van der Waals surface area contributed by atoms with Crippen molar-refractivity contribution < 1.29 is 0 Å². The molecule has 7 heavy (non-hydrogen) atoms. The van der Waals surface area contributed by atoms with Gasteiger partial charge in [0.15, 0.2) is 0 Å². The van der Waals surface area contributed by atoms with Gasteiger partial charge in [0, 0.05) is 0 Å². The van der Waals surface area contributed by atoms with Crippen molar-refractivity contribution in [1.82, 2.24) is 0 Å². The van der Waals surface area contributed by atoms with Crippen molar-refractivity contribution in [2.24, 2.45) is 0 Å².